The lowest BCUT2D eigenvalue weighted by molar-refractivity contribution is 0.232. The van der Waals surface area contributed by atoms with Crippen molar-refractivity contribution >= 4 is 19.8 Å². The molecule has 12 atom stereocenters. The fourth-order valence-corrected chi connectivity index (χ4v) is 20.7. The molecule has 6 rings (SSSR count). The van der Waals surface area contributed by atoms with Crippen molar-refractivity contribution in [1.82, 2.24) is 0 Å². The minimum atomic E-state index is -1.45. The molecule has 2 heteroatoms. The van der Waals surface area contributed by atoms with Gasteiger partial charge in [0.2, 0.25) is 0 Å². The van der Waals surface area contributed by atoms with Crippen LogP contribution in [-0.4, -0.2) is 18.6 Å². The van der Waals surface area contributed by atoms with Crippen molar-refractivity contribution in [3.8, 4) is 0 Å². The zero-order chi connectivity index (χ0) is 26.3. The number of benzene rings is 1. The van der Waals surface area contributed by atoms with E-state index in [9.17, 15) is 0 Å². The van der Waals surface area contributed by atoms with E-state index in [1.165, 1.54) is 50.5 Å². The first-order valence-corrected chi connectivity index (χ1v) is 20.4. The fraction of sp³-hybridized carbons (Fsp3) is 0.829. The summed E-state index contributed by atoms with van der Waals surface area (Å²) in [7, 11) is -1.45. The van der Waals surface area contributed by atoms with E-state index in [0.29, 0.717) is 0 Å². The Morgan fingerprint density at radius 1 is 0.757 bits per heavy atom. The normalized spacial score (nSPS) is 45.9. The molecule has 206 valence electrons. The monoisotopic (exact) mass is 536 g/mol. The molecule has 5 aliphatic rings. The average molecular weight is 537 g/mol. The summed E-state index contributed by atoms with van der Waals surface area (Å²) in [6.07, 6.45) is 12.0. The lowest BCUT2D eigenvalue weighted by Gasteiger charge is -2.49. The Labute approximate surface area is 234 Å². The molecule has 1 saturated heterocycles. The fourth-order valence-electron chi connectivity index (χ4n) is 11.6. The van der Waals surface area contributed by atoms with Crippen LogP contribution in [0, 0.1) is 41.4 Å². The zero-order valence-corrected chi connectivity index (χ0v) is 27.1. The van der Waals surface area contributed by atoms with E-state index < -0.39 is 8.07 Å². The van der Waals surface area contributed by atoms with Gasteiger partial charge in [-0.3, -0.25) is 0 Å². The van der Waals surface area contributed by atoms with E-state index in [0.717, 1.165) is 68.9 Å². The third-order valence-electron chi connectivity index (χ3n) is 13.0. The molecule has 0 aromatic heterocycles. The van der Waals surface area contributed by atoms with Crippen molar-refractivity contribution in [3.63, 3.8) is 0 Å². The second kappa shape index (κ2) is 9.71. The third kappa shape index (κ3) is 4.36. The molecule has 1 aliphatic heterocycles. The van der Waals surface area contributed by atoms with Crippen molar-refractivity contribution in [2.24, 2.45) is 41.4 Å². The maximum atomic E-state index is 2.91. The smallest absolute Gasteiger partial charge is 0.0547 e. The molecule has 0 amide bonds. The number of thioether (sulfide) groups is 1. The summed E-state index contributed by atoms with van der Waals surface area (Å²) in [6.45, 7) is 20.9. The highest BCUT2D eigenvalue weighted by Gasteiger charge is 2.64. The van der Waals surface area contributed by atoms with Gasteiger partial charge < -0.3 is 0 Å². The predicted molar refractivity (Wildman–Crippen MR) is 166 cm³/mol. The summed E-state index contributed by atoms with van der Waals surface area (Å²) < 4.78 is 0. The molecule has 1 heterocycles. The first-order chi connectivity index (χ1) is 17.5. The second-order valence-electron chi connectivity index (χ2n) is 16.2. The summed E-state index contributed by atoms with van der Waals surface area (Å²) in [6, 6.07) is 9.96. The van der Waals surface area contributed by atoms with E-state index >= 15 is 0 Å². The first kappa shape index (κ1) is 27.0. The van der Waals surface area contributed by atoms with Gasteiger partial charge >= 0.3 is 0 Å². The summed E-state index contributed by atoms with van der Waals surface area (Å²) in [4.78, 5) is 0. The van der Waals surface area contributed by atoms with Gasteiger partial charge in [0.25, 0.3) is 0 Å². The average Bonchev–Trinajstić information content (AvgIpc) is 3.47. The molecule has 0 spiro atoms. The second-order valence-corrected chi connectivity index (χ2v) is 22.6. The highest BCUT2D eigenvalue weighted by molar-refractivity contribution is 8.00. The molecule has 37 heavy (non-hydrogen) atoms. The van der Waals surface area contributed by atoms with Crippen LogP contribution < -0.4 is 0 Å². The van der Waals surface area contributed by atoms with Gasteiger partial charge in [0.1, 0.15) is 0 Å². The number of hydrogen-bond donors (Lipinski definition) is 0. The maximum absolute atomic E-state index is 2.91. The lowest BCUT2D eigenvalue weighted by Crippen LogP contribution is -2.48. The van der Waals surface area contributed by atoms with Gasteiger partial charge in [-0.15, -0.1) is 0 Å². The molecule has 0 bridgehead atoms. The van der Waals surface area contributed by atoms with Crippen LogP contribution >= 0.6 is 11.8 Å². The van der Waals surface area contributed by atoms with Gasteiger partial charge in [-0.2, -0.15) is 11.8 Å². The van der Waals surface area contributed by atoms with Crippen LogP contribution in [0.3, 0.4) is 0 Å². The minimum absolute atomic E-state index is 0.249. The van der Waals surface area contributed by atoms with E-state index in [4.69, 9.17) is 0 Å². The summed E-state index contributed by atoms with van der Waals surface area (Å²) in [5.74, 6) is 7.67. The molecule has 4 saturated carbocycles. The highest BCUT2D eigenvalue weighted by atomic mass is 32.2. The first-order valence-electron chi connectivity index (χ1n) is 16.3. The molecule has 1 aromatic carbocycles. The predicted octanol–water partition coefficient (Wildman–Crippen LogP) is 10.5. The quantitative estimate of drug-likeness (QED) is 0.346. The third-order valence-corrected chi connectivity index (χ3v) is 20.4. The SMILES string of the molecule is CC1CC2C(c3ccc(C(C)(C)C)cc3)CCCC2C1[Si](C)(C)C1C(C)C(C)C2SC3CCCCC3C21. The Balaban J connectivity index is 1.28. The van der Waals surface area contributed by atoms with Gasteiger partial charge in [-0.05, 0) is 101 Å². The van der Waals surface area contributed by atoms with Crippen LogP contribution in [0.15, 0.2) is 24.3 Å². The van der Waals surface area contributed by atoms with Crippen LogP contribution in [0.1, 0.15) is 110 Å². The lowest BCUT2D eigenvalue weighted by atomic mass is 9.70. The summed E-state index contributed by atoms with van der Waals surface area (Å²) in [5, 5.41) is 1.99. The standard InChI is InChI=1S/C35H56SSi/c1-21-20-29-26(24-16-18-25(19-17-24)35(4,5)6)13-11-14-27(29)33(21)37(7,8)34-23(3)22(2)32-31(34)28-12-9-10-15-30(28)36-32/h16-19,21-23,26-34H,9-15,20H2,1-8H3. The van der Waals surface area contributed by atoms with Crippen molar-refractivity contribution < 1.29 is 0 Å². The van der Waals surface area contributed by atoms with E-state index in [1.807, 2.05) is 0 Å². The van der Waals surface area contributed by atoms with Crippen LogP contribution in [0.4, 0.5) is 0 Å². The minimum Gasteiger partial charge on any atom is -0.154 e. The van der Waals surface area contributed by atoms with Crippen molar-refractivity contribution in [2.75, 3.05) is 0 Å². The van der Waals surface area contributed by atoms with Crippen LogP contribution in [0.25, 0.3) is 0 Å². The summed E-state index contributed by atoms with van der Waals surface area (Å²) >= 11 is 2.49. The number of hydrogen-bond acceptors (Lipinski definition) is 1. The highest BCUT2D eigenvalue weighted by Crippen LogP contribution is 2.70. The largest absolute Gasteiger partial charge is 0.154 e. The Kier molecular flexibility index (Phi) is 7.08. The molecule has 4 aliphatic carbocycles. The van der Waals surface area contributed by atoms with E-state index in [2.05, 4.69) is 90.7 Å². The van der Waals surface area contributed by atoms with Crippen LogP contribution in [0.2, 0.25) is 24.2 Å². The van der Waals surface area contributed by atoms with Crippen LogP contribution in [0.5, 0.6) is 0 Å². The van der Waals surface area contributed by atoms with Gasteiger partial charge in [0.15, 0.2) is 0 Å². The molecular weight excluding hydrogens is 481 g/mol. The number of rotatable bonds is 3. The molecule has 0 radical (unpaired) electrons. The van der Waals surface area contributed by atoms with Crippen molar-refractivity contribution in [3.05, 3.63) is 35.4 Å². The molecule has 0 nitrogen and oxygen atoms in total. The Bertz CT molecular complexity index is 956. The number of fused-ring (bicyclic) bond motifs is 4. The molecule has 12 unspecified atom stereocenters. The van der Waals surface area contributed by atoms with Crippen molar-refractivity contribution in [2.45, 2.75) is 139 Å². The Morgan fingerprint density at radius 3 is 2.14 bits per heavy atom. The van der Waals surface area contributed by atoms with Crippen molar-refractivity contribution in [1.29, 1.82) is 0 Å². The van der Waals surface area contributed by atoms with Crippen LogP contribution in [-0.2, 0) is 5.41 Å². The van der Waals surface area contributed by atoms with Gasteiger partial charge in [0, 0.05) is 10.5 Å². The topological polar surface area (TPSA) is 0 Å². The zero-order valence-electron chi connectivity index (χ0n) is 25.3. The van der Waals surface area contributed by atoms with E-state index in [-0.39, 0.29) is 5.41 Å². The van der Waals surface area contributed by atoms with Gasteiger partial charge in [-0.25, -0.2) is 0 Å². The van der Waals surface area contributed by atoms with E-state index in [1.54, 1.807) is 12.0 Å². The molecule has 0 N–H and O–H groups in total. The van der Waals surface area contributed by atoms with Gasteiger partial charge in [-0.1, -0.05) is 105 Å². The summed E-state index contributed by atoms with van der Waals surface area (Å²) in [5.41, 5.74) is 5.50. The maximum Gasteiger partial charge on any atom is 0.0547 e. The molecule has 1 aromatic rings. The molecule has 5 fully saturated rings. The van der Waals surface area contributed by atoms with Gasteiger partial charge in [0.05, 0.1) is 8.07 Å². The Morgan fingerprint density at radius 2 is 1.43 bits per heavy atom. The Hall–Kier alpha value is -0.213. The molecular formula is C35H56SSi.